The van der Waals surface area contributed by atoms with Gasteiger partial charge in [-0.25, -0.2) is 0 Å². The van der Waals surface area contributed by atoms with Crippen molar-refractivity contribution in [1.82, 2.24) is 4.98 Å². The molecule has 1 N–H and O–H groups in total. The van der Waals surface area contributed by atoms with Crippen LogP contribution >= 0.6 is 12.2 Å². The maximum atomic E-state index is 10.9. The number of carboxylic acids is 1. The number of benzene rings is 1. The number of hydrogen-bond donors (Lipinski definition) is 1. The van der Waals surface area contributed by atoms with Crippen molar-refractivity contribution in [3.8, 4) is 0 Å². The molecular weight excluding hydrogens is 258 g/mol. The van der Waals surface area contributed by atoms with Crippen LogP contribution in [0.15, 0.2) is 18.2 Å². The lowest BCUT2D eigenvalue weighted by Crippen LogP contribution is -2.22. The van der Waals surface area contributed by atoms with Crippen molar-refractivity contribution in [2.24, 2.45) is 0 Å². The van der Waals surface area contributed by atoms with Crippen molar-refractivity contribution in [1.29, 1.82) is 0 Å². The molecule has 0 saturated heterocycles. The van der Waals surface area contributed by atoms with Gasteiger partial charge in [0.05, 0.1) is 10.5 Å². The standard InChI is InChI=1S/C15H17NO2S/c1-3-4-5-11-9(2)16-13-7-6-10(15(17)18)8-12(13)14(11)19/h6-8H,3-5H2,1-2H3,(H,16,19)(H,17,18)/p-1. The summed E-state index contributed by atoms with van der Waals surface area (Å²) in [6.07, 6.45) is 3.10. The Morgan fingerprint density at radius 2 is 2.16 bits per heavy atom. The van der Waals surface area contributed by atoms with Gasteiger partial charge in [0.1, 0.15) is 0 Å². The highest BCUT2D eigenvalue weighted by Gasteiger charge is 2.07. The van der Waals surface area contributed by atoms with Crippen LogP contribution in [0.2, 0.25) is 0 Å². The number of unbranched alkanes of at least 4 members (excludes halogenated alkanes) is 1. The molecule has 0 atom stereocenters. The van der Waals surface area contributed by atoms with Gasteiger partial charge in [0, 0.05) is 16.6 Å². The number of fused-ring (bicyclic) bond motifs is 1. The van der Waals surface area contributed by atoms with E-state index in [1.165, 1.54) is 6.07 Å². The van der Waals surface area contributed by atoms with Crippen LogP contribution in [0.25, 0.3) is 10.9 Å². The summed E-state index contributed by atoms with van der Waals surface area (Å²) in [7, 11) is 0. The van der Waals surface area contributed by atoms with Crippen LogP contribution in [0, 0.1) is 11.4 Å². The zero-order valence-electron chi connectivity index (χ0n) is 11.1. The predicted molar refractivity (Wildman–Crippen MR) is 76.8 cm³/mol. The quantitative estimate of drug-likeness (QED) is 0.872. The van der Waals surface area contributed by atoms with Crippen LogP contribution in [0.4, 0.5) is 0 Å². The Hall–Kier alpha value is -1.68. The van der Waals surface area contributed by atoms with E-state index in [2.05, 4.69) is 11.9 Å². The minimum Gasteiger partial charge on any atom is -0.545 e. The minimum atomic E-state index is -1.17. The Morgan fingerprint density at radius 1 is 1.42 bits per heavy atom. The molecule has 0 aliphatic heterocycles. The van der Waals surface area contributed by atoms with Gasteiger partial charge in [0.2, 0.25) is 0 Å². The van der Waals surface area contributed by atoms with Gasteiger partial charge in [0.15, 0.2) is 0 Å². The van der Waals surface area contributed by atoms with E-state index < -0.39 is 5.97 Å². The number of aromatic amines is 1. The summed E-state index contributed by atoms with van der Waals surface area (Å²) in [5.74, 6) is -1.17. The molecule has 1 heterocycles. The first-order chi connectivity index (χ1) is 9.04. The summed E-state index contributed by atoms with van der Waals surface area (Å²) >= 11 is 5.51. The van der Waals surface area contributed by atoms with Crippen LogP contribution in [-0.2, 0) is 6.42 Å². The highest BCUT2D eigenvalue weighted by atomic mass is 32.1. The molecule has 0 spiro atoms. The Bertz CT molecular complexity index is 688. The van der Waals surface area contributed by atoms with Gasteiger partial charge in [-0.3, -0.25) is 0 Å². The summed E-state index contributed by atoms with van der Waals surface area (Å²) in [6.45, 7) is 4.14. The fourth-order valence-corrected chi connectivity index (χ4v) is 2.66. The number of carbonyl (C=O) groups is 1. The molecule has 0 fully saturated rings. The molecule has 0 bridgehead atoms. The van der Waals surface area contributed by atoms with Gasteiger partial charge in [-0.15, -0.1) is 0 Å². The van der Waals surface area contributed by atoms with Crippen molar-refractivity contribution in [2.45, 2.75) is 33.1 Å². The second kappa shape index (κ2) is 5.53. The molecule has 2 aromatic rings. The van der Waals surface area contributed by atoms with Crippen LogP contribution in [0.1, 0.15) is 41.4 Å². The smallest absolute Gasteiger partial charge is 0.0715 e. The van der Waals surface area contributed by atoms with Gasteiger partial charge < -0.3 is 14.9 Å². The first kappa shape index (κ1) is 13.7. The Morgan fingerprint density at radius 3 is 2.79 bits per heavy atom. The van der Waals surface area contributed by atoms with Crippen molar-refractivity contribution in [2.75, 3.05) is 0 Å². The summed E-state index contributed by atoms with van der Waals surface area (Å²) in [5, 5.41) is 11.7. The number of pyridine rings is 1. The number of carboxylic acid groups (broad SMARTS) is 1. The summed E-state index contributed by atoms with van der Waals surface area (Å²) < 4.78 is 0.753. The number of carbonyl (C=O) groups excluding carboxylic acids is 1. The Kier molecular flexibility index (Phi) is 4.00. The first-order valence-electron chi connectivity index (χ1n) is 6.41. The average molecular weight is 274 g/mol. The largest absolute Gasteiger partial charge is 0.545 e. The van der Waals surface area contributed by atoms with Crippen LogP contribution in [0.5, 0.6) is 0 Å². The summed E-state index contributed by atoms with van der Waals surface area (Å²) in [5.41, 5.74) is 3.21. The molecule has 4 heteroatoms. The molecule has 100 valence electrons. The van der Waals surface area contributed by atoms with E-state index in [0.717, 1.165) is 45.9 Å². The van der Waals surface area contributed by atoms with E-state index in [9.17, 15) is 9.90 Å². The minimum absolute atomic E-state index is 0.164. The van der Waals surface area contributed by atoms with E-state index in [4.69, 9.17) is 12.2 Å². The van der Waals surface area contributed by atoms with Crippen LogP contribution in [-0.4, -0.2) is 11.0 Å². The van der Waals surface area contributed by atoms with E-state index >= 15 is 0 Å². The van der Waals surface area contributed by atoms with E-state index in [1.54, 1.807) is 12.1 Å². The third kappa shape index (κ3) is 2.68. The first-order valence-corrected chi connectivity index (χ1v) is 6.82. The molecule has 0 aliphatic rings. The number of H-pyrrole nitrogens is 1. The number of rotatable bonds is 4. The molecule has 0 radical (unpaired) electrons. The Balaban J connectivity index is 2.66. The number of nitrogens with one attached hydrogen (secondary N) is 1. The lowest BCUT2D eigenvalue weighted by atomic mass is 10.0. The molecule has 19 heavy (non-hydrogen) atoms. The lowest BCUT2D eigenvalue weighted by Gasteiger charge is -2.11. The van der Waals surface area contributed by atoms with Crippen molar-refractivity contribution in [3.63, 3.8) is 0 Å². The molecule has 0 unspecified atom stereocenters. The lowest BCUT2D eigenvalue weighted by molar-refractivity contribution is -0.255. The van der Waals surface area contributed by atoms with Crippen molar-refractivity contribution in [3.05, 3.63) is 39.5 Å². The third-order valence-electron chi connectivity index (χ3n) is 3.33. The maximum Gasteiger partial charge on any atom is 0.0715 e. The monoisotopic (exact) mass is 274 g/mol. The van der Waals surface area contributed by atoms with E-state index in [0.29, 0.717) is 0 Å². The SMILES string of the molecule is CCCCc1c(C)[nH]c2ccc(C(=O)[O-])cc2c1=S. The highest BCUT2D eigenvalue weighted by molar-refractivity contribution is 7.71. The van der Waals surface area contributed by atoms with Gasteiger partial charge >= 0.3 is 0 Å². The molecule has 1 aromatic heterocycles. The Labute approximate surface area is 117 Å². The second-order valence-corrected chi connectivity index (χ2v) is 5.12. The molecule has 0 amide bonds. The number of aryl methyl sites for hydroxylation is 1. The molecule has 1 aromatic carbocycles. The maximum absolute atomic E-state index is 10.9. The van der Waals surface area contributed by atoms with Gasteiger partial charge in [-0.2, -0.15) is 0 Å². The van der Waals surface area contributed by atoms with E-state index in [-0.39, 0.29) is 5.56 Å². The molecule has 0 aliphatic carbocycles. The highest BCUT2D eigenvalue weighted by Crippen LogP contribution is 2.22. The van der Waals surface area contributed by atoms with Crippen molar-refractivity contribution >= 4 is 29.1 Å². The van der Waals surface area contributed by atoms with Crippen LogP contribution < -0.4 is 5.11 Å². The van der Waals surface area contributed by atoms with Crippen molar-refractivity contribution < 1.29 is 9.90 Å². The predicted octanol–water partition coefficient (Wildman–Crippen LogP) is 2.91. The van der Waals surface area contributed by atoms with Gasteiger partial charge in [-0.1, -0.05) is 31.6 Å². The van der Waals surface area contributed by atoms with Crippen LogP contribution in [0.3, 0.4) is 0 Å². The topological polar surface area (TPSA) is 55.9 Å². The number of aromatic nitrogens is 1. The fourth-order valence-electron chi connectivity index (χ4n) is 2.23. The molecule has 0 saturated carbocycles. The third-order valence-corrected chi connectivity index (χ3v) is 3.80. The molecular formula is C15H16NO2S-. The van der Waals surface area contributed by atoms with E-state index in [1.807, 2.05) is 6.92 Å². The summed E-state index contributed by atoms with van der Waals surface area (Å²) in [6, 6.07) is 4.87. The van der Waals surface area contributed by atoms with Gasteiger partial charge in [0.25, 0.3) is 0 Å². The number of hydrogen-bond acceptors (Lipinski definition) is 3. The second-order valence-electron chi connectivity index (χ2n) is 4.71. The zero-order valence-corrected chi connectivity index (χ0v) is 11.9. The number of aromatic carboxylic acids is 1. The fraction of sp³-hybridized carbons (Fsp3) is 0.333. The molecule has 3 nitrogen and oxygen atoms in total. The van der Waals surface area contributed by atoms with Gasteiger partial charge in [-0.05, 0) is 43.0 Å². The average Bonchev–Trinajstić information content (AvgIpc) is 2.38. The zero-order chi connectivity index (χ0) is 14.0. The molecule has 2 rings (SSSR count). The summed E-state index contributed by atoms with van der Waals surface area (Å²) in [4.78, 5) is 14.2. The normalized spacial score (nSPS) is 10.8.